The minimum absolute atomic E-state index is 0. The van der Waals surface area contributed by atoms with Gasteiger partial charge in [-0.1, -0.05) is 12.1 Å². The van der Waals surface area contributed by atoms with Crippen molar-refractivity contribution in [3.8, 4) is 17.3 Å². The van der Waals surface area contributed by atoms with Crippen molar-refractivity contribution in [2.75, 3.05) is 39.6 Å². The molecule has 0 aliphatic heterocycles. The molecule has 0 unspecified atom stereocenters. The highest BCUT2D eigenvalue weighted by atomic mass is 35.5. The molecule has 2 N–H and O–H groups in total. The summed E-state index contributed by atoms with van der Waals surface area (Å²) in [6.45, 7) is 1.90. The summed E-state index contributed by atoms with van der Waals surface area (Å²) in [5, 5.41) is 5.61. The van der Waals surface area contributed by atoms with Crippen molar-refractivity contribution < 1.29 is 4.74 Å². The number of hydrogen-bond acceptors (Lipinski definition) is 5. The monoisotopic (exact) mass is 447 g/mol. The molecule has 6 nitrogen and oxygen atoms in total. The lowest BCUT2D eigenvalue weighted by Crippen LogP contribution is -2.16. The molecule has 2 aromatic carbocycles. The zero-order valence-electron chi connectivity index (χ0n) is 17.3. The molecule has 0 saturated carbocycles. The summed E-state index contributed by atoms with van der Waals surface area (Å²) in [5.74, 6) is 2.39. The fourth-order valence-electron chi connectivity index (χ4n) is 3.29. The van der Waals surface area contributed by atoms with Crippen molar-refractivity contribution in [1.29, 1.82) is 0 Å². The topological polar surface area (TPSA) is 66.1 Å². The smallest absolute Gasteiger partial charge is 0.178 e. The number of H-pyrrole nitrogens is 1. The number of aromatic nitrogens is 3. The number of ether oxygens (including phenoxy) is 1. The predicted octanol–water partition coefficient (Wildman–Crippen LogP) is 4.99. The Labute approximate surface area is 188 Å². The number of benzene rings is 2. The van der Waals surface area contributed by atoms with E-state index in [2.05, 4.69) is 41.4 Å². The van der Waals surface area contributed by atoms with E-state index >= 15 is 0 Å². The largest absolute Gasteiger partial charge is 0.497 e. The van der Waals surface area contributed by atoms with E-state index in [1.54, 1.807) is 7.11 Å². The third-order valence-electron chi connectivity index (χ3n) is 4.75. The third kappa shape index (κ3) is 5.14. The molecule has 0 amide bonds. The van der Waals surface area contributed by atoms with Crippen LogP contribution in [0, 0.1) is 0 Å². The van der Waals surface area contributed by atoms with Crippen molar-refractivity contribution in [3.05, 3.63) is 48.5 Å². The van der Waals surface area contributed by atoms with E-state index in [-0.39, 0.29) is 24.8 Å². The van der Waals surface area contributed by atoms with Crippen LogP contribution in [0.2, 0.25) is 0 Å². The van der Waals surface area contributed by atoms with Crippen molar-refractivity contribution in [2.45, 2.75) is 6.42 Å². The summed E-state index contributed by atoms with van der Waals surface area (Å²) in [6, 6.07) is 16.1. The fraction of sp³-hybridized carbons (Fsp3) is 0.273. The first-order valence-electron chi connectivity index (χ1n) is 9.46. The molecule has 4 aromatic rings. The number of halogens is 2. The maximum absolute atomic E-state index is 5.33. The number of nitrogens with one attached hydrogen (secondary N) is 2. The van der Waals surface area contributed by atoms with Crippen LogP contribution < -0.4 is 10.1 Å². The minimum atomic E-state index is 0. The molecule has 30 heavy (non-hydrogen) atoms. The number of para-hydroxylation sites is 1. The molecule has 0 bridgehead atoms. The summed E-state index contributed by atoms with van der Waals surface area (Å²) in [4.78, 5) is 15.2. The summed E-state index contributed by atoms with van der Waals surface area (Å²) in [7, 11) is 5.85. The van der Waals surface area contributed by atoms with E-state index in [0.29, 0.717) is 5.82 Å². The van der Waals surface area contributed by atoms with Crippen LogP contribution in [0.3, 0.4) is 0 Å². The van der Waals surface area contributed by atoms with Gasteiger partial charge in [-0.3, -0.25) is 0 Å². The van der Waals surface area contributed by atoms with E-state index in [0.717, 1.165) is 58.6 Å². The van der Waals surface area contributed by atoms with Gasteiger partial charge in [-0.05, 0) is 63.5 Å². The zero-order valence-corrected chi connectivity index (χ0v) is 18.9. The molecule has 0 fully saturated rings. The second kappa shape index (κ2) is 10.5. The van der Waals surface area contributed by atoms with Crippen molar-refractivity contribution in [2.24, 2.45) is 0 Å². The van der Waals surface area contributed by atoms with E-state index in [4.69, 9.17) is 14.7 Å². The van der Waals surface area contributed by atoms with Crippen molar-refractivity contribution in [1.82, 2.24) is 19.9 Å². The molecule has 8 heteroatoms. The van der Waals surface area contributed by atoms with Gasteiger partial charge in [-0.15, -0.1) is 24.8 Å². The lowest BCUT2D eigenvalue weighted by Gasteiger charge is -2.12. The predicted molar refractivity (Wildman–Crippen MR) is 130 cm³/mol. The van der Waals surface area contributed by atoms with Crippen molar-refractivity contribution in [3.63, 3.8) is 0 Å². The van der Waals surface area contributed by atoms with Crippen LogP contribution in [-0.4, -0.2) is 54.1 Å². The number of hydrogen-bond donors (Lipinski definition) is 2. The van der Waals surface area contributed by atoms with E-state index in [9.17, 15) is 0 Å². The standard InChI is InChI=1S/C22H25N5O.2ClH/c1-27(2)12-6-11-23-21-17-7-4-5-8-19(17)25-22(26-21)20-14-15-13-16(28-3)9-10-18(15)24-20;;/h4-5,7-10,13-14,24H,6,11-12H2,1-3H3,(H,23,25,26);2*1H. The molecule has 0 aliphatic rings. The van der Waals surface area contributed by atoms with Gasteiger partial charge in [0.2, 0.25) is 0 Å². The van der Waals surface area contributed by atoms with Crippen LogP contribution in [0.15, 0.2) is 48.5 Å². The van der Waals surface area contributed by atoms with Gasteiger partial charge in [0.1, 0.15) is 11.6 Å². The van der Waals surface area contributed by atoms with Crippen LogP contribution in [0.4, 0.5) is 5.82 Å². The Balaban J connectivity index is 0.00000160. The Morgan fingerprint density at radius 2 is 1.83 bits per heavy atom. The van der Waals surface area contributed by atoms with Gasteiger partial charge in [0, 0.05) is 22.8 Å². The summed E-state index contributed by atoms with van der Waals surface area (Å²) in [6.07, 6.45) is 1.05. The molecule has 0 atom stereocenters. The Hall–Kier alpha value is -2.54. The lowest BCUT2D eigenvalue weighted by atomic mass is 10.2. The molecule has 0 spiro atoms. The molecule has 2 aromatic heterocycles. The number of aromatic amines is 1. The Bertz CT molecular complexity index is 1110. The maximum Gasteiger partial charge on any atom is 0.178 e. The first kappa shape index (κ1) is 23.7. The highest BCUT2D eigenvalue weighted by Crippen LogP contribution is 2.28. The summed E-state index contributed by atoms with van der Waals surface area (Å²) < 4.78 is 5.33. The summed E-state index contributed by atoms with van der Waals surface area (Å²) >= 11 is 0. The Kier molecular flexibility index (Phi) is 8.29. The Morgan fingerprint density at radius 3 is 2.60 bits per heavy atom. The zero-order chi connectivity index (χ0) is 19.5. The summed E-state index contributed by atoms with van der Waals surface area (Å²) in [5.41, 5.74) is 2.86. The number of nitrogens with zero attached hydrogens (tertiary/aromatic N) is 3. The van der Waals surface area contributed by atoms with Gasteiger partial charge in [-0.25, -0.2) is 9.97 Å². The van der Waals surface area contributed by atoms with E-state index < -0.39 is 0 Å². The molecule has 160 valence electrons. The molecule has 0 aliphatic carbocycles. The van der Waals surface area contributed by atoms with E-state index in [1.807, 2.05) is 36.4 Å². The highest BCUT2D eigenvalue weighted by Gasteiger charge is 2.12. The second-order valence-electron chi connectivity index (χ2n) is 7.13. The van der Waals surface area contributed by atoms with E-state index in [1.165, 1.54) is 0 Å². The van der Waals surface area contributed by atoms with Gasteiger partial charge >= 0.3 is 0 Å². The fourth-order valence-corrected chi connectivity index (χ4v) is 3.29. The molecular formula is C22H27Cl2N5O. The van der Waals surface area contributed by atoms with Gasteiger partial charge < -0.3 is 19.9 Å². The number of fused-ring (bicyclic) bond motifs is 2. The molecule has 2 heterocycles. The van der Waals surface area contributed by atoms with Gasteiger partial charge in [0.25, 0.3) is 0 Å². The van der Waals surface area contributed by atoms with Crippen LogP contribution in [-0.2, 0) is 0 Å². The van der Waals surface area contributed by atoms with Crippen LogP contribution in [0.1, 0.15) is 6.42 Å². The molecule has 0 radical (unpaired) electrons. The quantitative estimate of drug-likeness (QED) is 0.390. The van der Waals surface area contributed by atoms with Crippen LogP contribution in [0.25, 0.3) is 33.3 Å². The first-order valence-corrected chi connectivity index (χ1v) is 9.46. The first-order chi connectivity index (χ1) is 13.6. The maximum atomic E-state index is 5.33. The average molecular weight is 448 g/mol. The third-order valence-corrected chi connectivity index (χ3v) is 4.75. The second-order valence-corrected chi connectivity index (χ2v) is 7.13. The lowest BCUT2D eigenvalue weighted by molar-refractivity contribution is 0.405. The molecular weight excluding hydrogens is 421 g/mol. The number of anilines is 1. The molecule has 0 saturated heterocycles. The van der Waals surface area contributed by atoms with Crippen LogP contribution in [0.5, 0.6) is 5.75 Å². The molecule has 4 rings (SSSR count). The minimum Gasteiger partial charge on any atom is -0.497 e. The van der Waals surface area contributed by atoms with Gasteiger partial charge in [-0.2, -0.15) is 0 Å². The Morgan fingerprint density at radius 1 is 1.03 bits per heavy atom. The van der Waals surface area contributed by atoms with Gasteiger partial charge in [0.05, 0.1) is 18.3 Å². The normalized spacial score (nSPS) is 10.7. The average Bonchev–Trinajstić information content (AvgIpc) is 3.14. The number of methoxy groups -OCH3 is 1. The van der Waals surface area contributed by atoms with Gasteiger partial charge in [0.15, 0.2) is 5.82 Å². The highest BCUT2D eigenvalue weighted by molar-refractivity contribution is 5.92. The SMILES string of the molecule is COc1ccc2[nH]c(-c3nc(NCCCN(C)C)c4ccccc4n3)cc2c1.Cl.Cl. The number of rotatable bonds is 7. The van der Waals surface area contributed by atoms with Crippen molar-refractivity contribution >= 4 is 52.4 Å². The van der Waals surface area contributed by atoms with Crippen LogP contribution >= 0.6 is 24.8 Å².